The number of hydrazone groups is 1. The Morgan fingerprint density at radius 3 is 3.17 bits per heavy atom. The molecule has 2 aliphatic rings. The average Bonchev–Trinajstić information content (AvgIpc) is 2.96. The average molecular weight is 282 g/mol. The highest BCUT2D eigenvalue weighted by molar-refractivity contribution is 8.00. The van der Waals surface area contributed by atoms with E-state index in [2.05, 4.69) is 25.4 Å². The summed E-state index contributed by atoms with van der Waals surface area (Å²) in [7, 11) is 1.88. The topological polar surface area (TPSA) is 96.1 Å². The molecule has 1 aromatic rings. The third kappa shape index (κ3) is 1.81. The molecule has 1 aromatic heterocycles. The zero-order valence-corrected chi connectivity index (χ0v) is 11.2. The van der Waals surface area contributed by atoms with Crippen molar-refractivity contribution in [2.45, 2.75) is 10.5 Å². The second kappa shape index (κ2) is 4.18. The standard InChI is InChI=1S/C9H12N7S2/c1-15-5-12-16-2-3-18(9(15)16)6-4-17-8(13-6)14-7(10)11/h2-5,9H,1H3,(H4,10,11,13,14)/q+1. The Kier molecular flexibility index (Phi) is 2.63. The van der Waals surface area contributed by atoms with Gasteiger partial charge < -0.3 is 11.5 Å². The van der Waals surface area contributed by atoms with Gasteiger partial charge in [-0.25, -0.2) is 0 Å². The molecule has 2 unspecified atom stereocenters. The van der Waals surface area contributed by atoms with Crippen molar-refractivity contribution in [1.29, 1.82) is 0 Å². The predicted molar refractivity (Wildman–Crippen MR) is 74.2 cm³/mol. The number of hydrogen-bond acceptors (Lipinski definition) is 6. The number of fused-ring (bicyclic) bond motifs is 1. The molecule has 18 heavy (non-hydrogen) atoms. The Labute approximate surface area is 111 Å². The van der Waals surface area contributed by atoms with E-state index in [-0.39, 0.29) is 22.4 Å². The Bertz CT molecular complexity index is 545. The fourth-order valence-corrected chi connectivity index (χ4v) is 4.67. The first kappa shape index (κ1) is 11.4. The van der Waals surface area contributed by atoms with Crippen molar-refractivity contribution < 1.29 is 0 Å². The molecular formula is C9H12N7S2+. The van der Waals surface area contributed by atoms with E-state index in [1.165, 1.54) is 11.3 Å². The molecule has 9 heteroatoms. The third-order valence-electron chi connectivity index (χ3n) is 2.47. The highest BCUT2D eigenvalue weighted by Gasteiger charge is 2.47. The van der Waals surface area contributed by atoms with Gasteiger partial charge in [-0.3, -0.25) is 4.90 Å². The molecule has 0 spiro atoms. The lowest BCUT2D eigenvalue weighted by molar-refractivity contribution is 0.303. The number of thiazole rings is 1. The number of rotatable bonds is 2. The van der Waals surface area contributed by atoms with Crippen LogP contribution in [0.4, 0.5) is 5.13 Å². The van der Waals surface area contributed by atoms with Crippen molar-refractivity contribution in [2.75, 3.05) is 7.05 Å². The number of aliphatic imine (C=N–C) groups is 1. The first-order valence-corrected chi connectivity index (χ1v) is 7.38. The molecule has 0 amide bonds. The number of hydrogen-bond donors (Lipinski definition) is 2. The van der Waals surface area contributed by atoms with Gasteiger partial charge in [0, 0.05) is 7.05 Å². The van der Waals surface area contributed by atoms with Gasteiger partial charge in [0.15, 0.2) is 5.96 Å². The molecule has 3 rings (SSSR count). The normalized spacial score (nSPS) is 24.7. The minimum atomic E-state index is -0.125. The van der Waals surface area contributed by atoms with Gasteiger partial charge in [0.2, 0.25) is 5.13 Å². The van der Waals surface area contributed by atoms with Crippen molar-refractivity contribution in [1.82, 2.24) is 14.9 Å². The quantitative estimate of drug-likeness (QED) is 0.451. The Morgan fingerprint density at radius 2 is 2.39 bits per heavy atom. The van der Waals surface area contributed by atoms with Crippen LogP contribution in [-0.2, 0) is 10.9 Å². The first-order chi connectivity index (χ1) is 8.65. The Morgan fingerprint density at radius 1 is 1.56 bits per heavy atom. The van der Waals surface area contributed by atoms with Crippen LogP contribution in [0.5, 0.6) is 0 Å². The molecule has 0 saturated heterocycles. The smallest absolute Gasteiger partial charge is 0.300 e. The van der Waals surface area contributed by atoms with Crippen LogP contribution in [0.1, 0.15) is 0 Å². The van der Waals surface area contributed by atoms with Crippen molar-refractivity contribution >= 4 is 39.7 Å². The SMILES string of the molecule is CN1C=NN2C=C[S+](c3csc(N=C(N)N)n3)C12. The van der Waals surface area contributed by atoms with E-state index in [0.29, 0.717) is 5.13 Å². The van der Waals surface area contributed by atoms with Gasteiger partial charge in [-0.05, 0) is 0 Å². The summed E-state index contributed by atoms with van der Waals surface area (Å²) in [5, 5.41) is 11.9. The van der Waals surface area contributed by atoms with Gasteiger partial charge in [-0.15, -0.1) is 0 Å². The van der Waals surface area contributed by atoms with Crippen LogP contribution in [0.2, 0.25) is 0 Å². The van der Waals surface area contributed by atoms with Gasteiger partial charge in [0.1, 0.15) is 22.6 Å². The lowest BCUT2D eigenvalue weighted by Gasteiger charge is -2.16. The molecule has 0 radical (unpaired) electrons. The van der Waals surface area contributed by atoms with E-state index >= 15 is 0 Å². The summed E-state index contributed by atoms with van der Waals surface area (Å²) in [5.74, 6) is 0.0316. The summed E-state index contributed by atoms with van der Waals surface area (Å²) in [4.78, 5) is 10.5. The van der Waals surface area contributed by atoms with Crippen LogP contribution in [0.25, 0.3) is 0 Å². The molecule has 3 heterocycles. The van der Waals surface area contributed by atoms with Gasteiger partial charge in [0.25, 0.3) is 5.03 Å². The molecule has 0 saturated carbocycles. The number of guanidine groups is 1. The number of aromatic nitrogens is 1. The molecule has 0 fully saturated rings. The highest BCUT2D eigenvalue weighted by Crippen LogP contribution is 2.34. The summed E-state index contributed by atoms with van der Waals surface area (Å²) in [6.07, 6.45) is 3.80. The lowest BCUT2D eigenvalue weighted by atomic mass is 10.8. The molecule has 4 N–H and O–H groups in total. The molecular weight excluding hydrogens is 270 g/mol. The van der Waals surface area contributed by atoms with Gasteiger partial charge in [-0.2, -0.15) is 20.1 Å². The van der Waals surface area contributed by atoms with Crippen LogP contribution in [0, 0.1) is 0 Å². The minimum Gasteiger partial charge on any atom is -0.370 e. The molecule has 0 aliphatic carbocycles. The summed E-state index contributed by atoms with van der Waals surface area (Å²) >= 11 is 1.44. The van der Waals surface area contributed by atoms with E-state index in [0.717, 1.165) is 5.03 Å². The van der Waals surface area contributed by atoms with Crippen LogP contribution >= 0.6 is 11.3 Å². The van der Waals surface area contributed by atoms with E-state index in [4.69, 9.17) is 11.5 Å². The molecule has 2 atom stereocenters. The monoisotopic (exact) mass is 282 g/mol. The maximum Gasteiger partial charge on any atom is 0.300 e. The van der Waals surface area contributed by atoms with Gasteiger partial charge >= 0.3 is 5.50 Å². The predicted octanol–water partition coefficient (Wildman–Crippen LogP) is -0.0157. The van der Waals surface area contributed by atoms with Gasteiger partial charge in [-0.1, -0.05) is 11.3 Å². The molecule has 0 aromatic carbocycles. The fraction of sp³-hybridized carbons (Fsp3) is 0.222. The zero-order chi connectivity index (χ0) is 12.7. The summed E-state index contributed by atoms with van der Waals surface area (Å²) < 4.78 is 0. The molecule has 94 valence electrons. The van der Waals surface area contributed by atoms with E-state index in [1.54, 1.807) is 0 Å². The van der Waals surface area contributed by atoms with E-state index in [9.17, 15) is 0 Å². The largest absolute Gasteiger partial charge is 0.370 e. The summed E-state index contributed by atoms with van der Waals surface area (Å²) in [6.45, 7) is 0. The zero-order valence-electron chi connectivity index (χ0n) is 9.59. The van der Waals surface area contributed by atoms with Crippen LogP contribution in [-0.4, -0.2) is 39.7 Å². The molecule has 2 aliphatic heterocycles. The maximum absolute atomic E-state index is 5.34. The second-order valence-electron chi connectivity index (χ2n) is 3.76. The summed E-state index contributed by atoms with van der Waals surface area (Å²) in [6, 6.07) is 0. The van der Waals surface area contributed by atoms with E-state index < -0.39 is 0 Å². The fourth-order valence-electron chi connectivity index (χ4n) is 1.75. The lowest BCUT2D eigenvalue weighted by Crippen LogP contribution is -2.37. The van der Waals surface area contributed by atoms with Crippen molar-refractivity contribution in [3.63, 3.8) is 0 Å². The molecule has 7 nitrogen and oxygen atoms in total. The van der Waals surface area contributed by atoms with Crippen molar-refractivity contribution in [3.8, 4) is 0 Å². The molecule has 0 bridgehead atoms. The van der Waals surface area contributed by atoms with Crippen LogP contribution < -0.4 is 11.5 Å². The van der Waals surface area contributed by atoms with E-state index in [1.807, 2.05) is 30.0 Å². The van der Waals surface area contributed by atoms with Crippen molar-refractivity contribution in [2.24, 2.45) is 21.6 Å². The van der Waals surface area contributed by atoms with Crippen molar-refractivity contribution in [3.05, 3.63) is 17.0 Å². The Hall–Kier alpha value is -1.74. The van der Waals surface area contributed by atoms with Crippen LogP contribution in [0.3, 0.4) is 0 Å². The highest BCUT2D eigenvalue weighted by atomic mass is 32.2. The van der Waals surface area contributed by atoms with Gasteiger partial charge in [0.05, 0.1) is 11.6 Å². The maximum atomic E-state index is 5.34. The summed E-state index contributed by atoms with van der Waals surface area (Å²) in [5.41, 5.74) is 10.9. The second-order valence-corrected chi connectivity index (χ2v) is 6.46. The number of nitrogens with zero attached hydrogens (tertiary/aromatic N) is 5. The number of nitrogens with two attached hydrogens (primary N) is 2. The third-order valence-corrected chi connectivity index (χ3v) is 5.46. The van der Waals surface area contributed by atoms with Crippen LogP contribution in [0.15, 0.2) is 32.1 Å². The Balaban J connectivity index is 1.86. The first-order valence-electron chi connectivity index (χ1n) is 5.15. The minimum absolute atomic E-state index is 0.0316.